The van der Waals surface area contributed by atoms with Gasteiger partial charge >= 0.3 is 5.97 Å². The molecule has 1 heterocycles. The molecule has 0 radical (unpaired) electrons. The lowest BCUT2D eigenvalue weighted by atomic mass is 10.2. The molecule has 1 fully saturated rings. The summed E-state index contributed by atoms with van der Waals surface area (Å²) in [5.74, 6) is -0.611. The van der Waals surface area contributed by atoms with Gasteiger partial charge in [-0.05, 0) is 54.1 Å². The number of hydrogen-bond donors (Lipinski definition) is 2. The zero-order valence-electron chi connectivity index (χ0n) is 15.3. The molecule has 1 saturated heterocycles. The molecule has 0 aliphatic carbocycles. The lowest BCUT2D eigenvalue weighted by Crippen LogP contribution is -2.19. The third kappa shape index (κ3) is 4.72. The molecule has 2 aromatic rings. The standard InChI is InChI=1S/C20H18N2O5S/c1-12-5-3-4-6-14(12)21-20-22-19(25)17(28-20)10-13-7-8-15(16(9-13)26-2)27-11-18(23)24/h3-10H,11H2,1-2H3,(H,23,24)(H,21,22,25). The lowest BCUT2D eigenvalue weighted by Gasteiger charge is -2.09. The van der Waals surface area contributed by atoms with E-state index in [0.29, 0.717) is 27.1 Å². The van der Waals surface area contributed by atoms with Crippen LogP contribution in [0.25, 0.3) is 6.08 Å². The topological polar surface area (TPSA) is 97.2 Å². The highest BCUT2D eigenvalue weighted by atomic mass is 32.2. The zero-order valence-corrected chi connectivity index (χ0v) is 16.1. The Balaban J connectivity index is 1.80. The van der Waals surface area contributed by atoms with Crippen LogP contribution >= 0.6 is 11.8 Å². The van der Waals surface area contributed by atoms with E-state index in [1.807, 2.05) is 31.2 Å². The van der Waals surface area contributed by atoms with Crippen LogP contribution in [0.4, 0.5) is 5.69 Å². The average molecular weight is 398 g/mol. The first-order chi connectivity index (χ1) is 13.5. The van der Waals surface area contributed by atoms with Crippen molar-refractivity contribution in [2.45, 2.75) is 6.92 Å². The maximum Gasteiger partial charge on any atom is 0.341 e. The van der Waals surface area contributed by atoms with Crippen LogP contribution in [0.1, 0.15) is 11.1 Å². The molecule has 0 spiro atoms. The van der Waals surface area contributed by atoms with Gasteiger partial charge in [-0.25, -0.2) is 9.79 Å². The number of ether oxygens (including phenoxy) is 2. The summed E-state index contributed by atoms with van der Waals surface area (Å²) in [5.41, 5.74) is 2.53. The highest BCUT2D eigenvalue weighted by Crippen LogP contribution is 2.32. The van der Waals surface area contributed by atoms with E-state index in [1.54, 1.807) is 24.3 Å². The number of thioether (sulfide) groups is 1. The van der Waals surface area contributed by atoms with E-state index in [-0.39, 0.29) is 5.91 Å². The second-order valence-electron chi connectivity index (χ2n) is 5.86. The zero-order chi connectivity index (χ0) is 20.1. The third-order valence-electron chi connectivity index (χ3n) is 3.82. The molecular weight excluding hydrogens is 380 g/mol. The molecule has 28 heavy (non-hydrogen) atoms. The van der Waals surface area contributed by atoms with Crippen molar-refractivity contribution < 1.29 is 24.2 Å². The van der Waals surface area contributed by atoms with Gasteiger partial charge in [-0.2, -0.15) is 0 Å². The Kier molecular flexibility index (Phi) is 6.00. The van der Waals surface area contributed by atoms with E-state index in [4.69, 9.17) is 14.6 Å². The van der Waals surface area contributed by atoms with Crippen molar-refractivity contribution in [3.05, 3.63) is 58.5 Å². The smallest absolute Gasteiger partial charge is 0.341 e. The summed E-state index contributed by atoms with van der Waals surface area (Å²) in [6.07, 6.45) is 1.71. The Bertz CT molecular complexity index is 984. The number of amides is 1. The van der Waals surface area contributed by atoms with Crippen LogP contribution in [0.3, 0.4) is 0 Å². The van der Waals surface area contributed by atoms with Crippen LogP contribution in [-0.2, 0) is 9.59 Å². The number of rotatable bonds is 6. The van der Waals surface area contributed by atoms with Crippen LogP contribution in [0.2, 0.25) is 0 Å². The van der Waals surface area contributed by atoms with Crippen molar-refractivity contribution in [1.82, 2.24) is 5.32 Å². The molecule has 7 nitrogen and oxygen atoms in total. The number of amidine groups is 1. The first-order valence-corrected chi connectivity index (χ1v) is 9.16. The molecule has 8 heteroatoms. The van der Waals surface area contributed by atoms with Crippen molar-refractivity contribution in [1.29, 1.82) is 0 Å². The van der Waals surface area contributed by atoms with Gasteiger partial charge in [0.05, 0.1) is 17.7 Å². The van der Waals surface area contributed by atoms with Gasteiger partial charge in [-0.15, -0.1) is 0 Å². The number of aliphatic imine (C=N–C) groups is 1. The van der Waals surface area contributed by atoms with E-state index >= 15 is 0 Å². The molecule has 0 bridgehead atoms. The largest absolute Gasteiger partial charge is 0.493 e. The number of carbonyl (C=O) groups is 2. The van der Waals surface area contributed by atoms with Crippen molar-refractivity contribution in [3.63, 3.8) is 0 Å². The molecule has 0 atom stereocenters. The number of nitrogens with one attached hydrogen (secondary N) is 1. The van der Waals surface area contributed by atoms with Gasteiger partial charge in [0.1, 0.15) is 0 Å². The van der Waals surface area contributed by atoms with E-state index in [1.165, 1.54) is 18.9 Å². The van der Waals surface area contributed by atoms with E-state index in [2.05, 4.69) is 10.3 Å². The average Bonchev–Trinajstić information content (AvgIpc) is 3.01. The highest BCUT2D eigenvalue weighted by molar-refractivity contribution is 8.18. The Labute approximate surface area is 166 Å². The van der Waals surface area contributed by atoms with Gasteiger partial charge in [0.15, 0.2) is 23.3 Å². The summed E-state index contributed by atoms with van der Waals surface area (Å²) in [7, 11) is 1.46. The van der Waals surface area contributed by atoms with Crippen LogP contribution < -0.4 is 14.8 Å². The maximum atomic E-state index is 12.3. The number of methoxy groups -OCH3 is 1. The molecule has 144 valence electrons. The quantitative estimate of drug-likeness (QED) is 0.724. The number of aliphatic carboxylic acids is 1. The summed E-state index contributed by atoms with van der Waals surface area (Å²) in [5, 5.41) is 12.0. The summed E-state index contributed by atoms with van der Waals surface area (Å²) in [6, 6.07) is 12.7. The predicted molar refractivity (Wildman–Crippen MR) is 108 cm³/mol. The van der Waals surface area contributed by atoms with Crippen LogP contribution in [0.5, 0.6) is 11.5 Å². The number of carbonyl (C=O) groups excluding carboxylic acids is 1. The summed E-state index contributed by atoms with van der Waals surface area (Å²) in [4.78, 5) is 27.9. The Morgan fingerprint density at radius 2 is 2.04 bits per heavy atom. The van der Waals surface area contributed by atoms with Crippen molar-refractivity contribution in [2.24, 2.45) is 4.99 Å². The van der Waals surface area contributed by atoms with Gasteiger partial charge in [0.2, 0.25) is 0 Å². The summed E-state index contributed by atoms with van der Waals surface area (Å²) in [6.45, 7) is 1.49. The van der Waals surface area contributed by atoms with Gasteiger partial charge in [0.25, 0.3) is 5.91 Å². The molecule has 1 aliphatic heterocycles. The summed E-state index contributed by atoms with van der Waals surface area (Å²) < 4.78 is 10.4. The van der Waals surface area contributed by atoms with Gasteiger partial charge in [0, 0.05) is 0 Å². The molecule has 0 aromatic heterocycles. The van der Waals surface area contributed by atoms with E-state index in [0.717, 1.165) is 11.3 Å². The lowest BCUT2D eigenvalue weighted by molar-refractivity contribution is -0.139. The molecule has 2 N–H and O–H groups in total. The number of carboxylic acids is 1. The summed E-state index contributed by atoms with van der Waals surface area (Å²) >= 11 is 1.25. The second kappa shape index (κ2) is 8.62. The second-order valence-corrected chi connectivity index (χ2v) is 6.89. The molecule has 1 aliphatic rings. The molecule has 2 aromatic carbocycles. The van der Waals surface area contributed by atoms with Crippen LogP contribution in [0.15, 0.2) is 52.4 Å². The number of benzene rings is 2. The molecule has 1 amide bonds. The number of aryl methyl sites for hydroxylation is 1. The fraction of sp³-hybridized carbons (Fsp3) is 0.150. The molecule has 0 unspecified atom stereocenters. The molecule has 3 rings (SSSR count). The van der Waals surface area contributed by atoms with Gasteiger partial charge < -0.3 is 19.9 Å². The fourth-order valence-electron chi connectivity index (χ4n) is 2.46. The van der Waals surface area contributed by atoms with Gasteiger partial charge in [-0.3, -0.25) is 4.79 Å². The third-order valence-corrected chi connectivity index (χ3v) is 4.73. The number of para-hydroxylation sites is 1. The van der Waals surface area contributed by atoms with Gasteiger partial charge in [-0.1, -0.05) is 24.3 Å². The highest BCUT2D eigenvalue weighted by Gasteiger charge is 2.24. The minimum absolute atomic E-state index is 0.234. The Morgan fingerprint density at radius 1 is 1.25 bits per heavy atom. The SMILES string of the molecule is COc1cc(C=C2SC(=Nc3ccccc3C)NC2=O)ccc1OCC(=O)O. The fourth-order valence-corrected chi connectivity index (χ4v) is 3.30. The minimum Gasteiger partial charge on any atom is -0.493 e. The van der Waals surface area contributed by atoms with Crippen LogP contribution in [0, 0.1) is 6.92 Å². The molecular formula is C20H18N2O5S. The first kappa shape index (κ1) is 19.5. The maximum absolute atomic E-state index is 12.3. The normalized spacial score (nSPS) is 16.3. The van der Waals surface area contributed by atoms with Crippen molar-refractivity contribution >= 4 is 40.6 Å². The number of hydrogen-bond acceptors (Lipinski definition) is 6. The molecule has 0 saturated carbocycles. The number of nitrogens with zero attached hydrogens (tertiary/aromatic N) is 1. The predicted octanol–water partition coefficient (Wildman–Crippen LogP) is 3.36. The minimum atomic E-state index is -1.08. The van der Waals surface area contributed by atoms with Crippen molar-refractivity contribution in [2.75, 3.05) is 13.7 Å². The Hall–Kier alpha value is -3.26. The van der Waals surface area contributed by atoms with Crippen LogP contribution in [-0.4, -0.2) is 35.9 Å². The number of carboxylic acid groups (broad SMARTS) is 1. The Morgan fingerprint density at radius 3 is 2.75 bits per heavy atom. The van der Waals surface area contributed by atoms with Crippen molar-refractivity contribution in [3.8, 4) is 11.5 Å². The van der Waals surface area contributed by atoms with E-state index in [9.17, 15) is 9.59 Å². The van der Waals surface area contributed by atoms with E-state index < -0.39 is 12.6 Å². The first-order valence-electron chi connectivity index (χ1n) is 8.34. The monoisotopic (exact) mass is 398 g/mol.